The van der Waals surface area contributed by atoms with Gasteiger partial charge in [0.2, 0.25) is 0 Å². The first-order valence-electron chi connectivity index (χ1n) is 9.33. The Morgan fingerprint density at radius 2 is 2.00 bits per heavy atom. The summed E-state index contributed by atoms with van der Waals surface area (Å²) in [7, 11) is 0. The fourth-order valence-electron chi connectivity index (χ4n) is 3.42. The number of nitrogens with one attached hydrogen (secondary N) is 1. The van der Waals surface area contributed by atoms with Crippen molar-refractivity contribution >= 4 is 11.8 Å². The zero-order valence-corrected chi connectivity index (χ0v) is 16.8. The van der Waals surface area contributed by atoms with Crippen molar-refractivity contribution in [3.8, 4) is 12.3 Å². The minimum absolute atomic E-state index is 0.0168. The SMILES string of the molecule is C#CC(Nc1nc(C)nc(CC(=O)O)c1C1OCCO1)c1cccc(C(F)(F)F)c1C. The number of nitrogens with zero attached hydrogens (tertiary/aromatic N) is 2. The van der Waals surface area contributed by atoms with Gasteiger partial charge in [0.25, 0.3) is 0 Å². The average molecular weight is 435 g/mol. The number of hydrogen-bond donors (Lipinski definition) is 2. The molecule has 1 aliphatic rings. The fraction of sp³-hybridized carbons (Fsp3) is 0.381. The maximum absolute atomic E-state index is 13.3. The minimum atomic E-state index is -4.53. The summed E-state index contributed by atoms with van der Waals surface area (Å²) in [4.78, 5) is 19.8. The number of alkyl halides is 3. The third-order valence-electron chi connectivity index (χ3n) is 4.75. The van der Waals surface area contributed by atoms with E-state index >= 15 is 0 Å². The largest absolute Gasteiger partial charge is 0.481 e. The van der Waals surface area contributed by atoms with Gasteiger partial charge in [-0.25, -0.2) is 9.97 Å². The van der Waals surface area contributed by atoms with Gasteiger partial charge in [-0.1, -0.05) is 18.1 Å². The smallest absolute Gasteiger partial charge is 0.416 e. The van der Waals surface area contributed by atoms with Gasteiger partial charge in [0.05, 0.1) is 36.5 Å². The molecule has 1 aromatic carbocycles. The van der Waals surface area contributed by atoms with Crippen LogP contribution in [0.4, 0.5) is 19.0 Å². The van der Waals surface area contributed by atoms with Gasteiger partial charge in [-0.15, -0.1) is 6.42 Å². The second-order valence-electron chi connectivity index (χ2n) is 6.89. The van der Waals surface area contributed by atoms with Crippen LogP contribution in [0.3, 0.4) is 0 Å². The molecule has 7 nitrogen and oxygen atoms in total. The average Bonchev–Trinajstić information content (AvgIpc) is 3.19. The first-order chi connectivity index (χ1) is 14.6. The van der Waals surface area contributed by atoms with E-state index < -0.39 is 36.5 Å². The molecule has 2 heterocycles. The number of aliphatic carboxylic acids is 1. The van der Waals surface area contributed by atoms with Gasteiger partial charge >= 0.3 is 12.1 Å². The Hall–Kier alpha value is -3.16. The highest BCUT2D eigenvalue weighted by atomic mass is 19.4. The van der Waals surface area contributed by atoms with Crippen LogP contribution in [0.15, 0.2) is 18.2 Å². The van der Waals surface area contributed by atoms with Gasteiger partial charge < -0.3 is 19.9 Å². The summed E-state index contributed by atoms with van der Waals surface area (Å²) in [6.07, 6.45) is -0.219. The lowest BCUT2D eigenvalue weighted by molar-refractivity contribution is -0.138. The van der Waals surface area contributed by atoms with E-state index in [4.69, 9.17) is 15.9 Å². The predicted octanol–water partition coefficient (Wildman–Crippen LogP) is 3.57. The third-order valence-corrected chi connectivity index (χ3v) is 4.75. The van der Waals surface area contributed by atoms with E-state index in [1.54, 1.807) is 6.92 Å². The van der Waals surface area contributed by atoms with E-state index in [1.165, 1.54) is 19.1 Å². The summed E-state index contributed by atoms with van der Waals surface area (Å²) in [5.74, 6) is 1.74. The molecular weight excluding hydrogens is 415 g/mol. The van der Waals surface area contributed by atoms with Crippen molar-refractivity contribution in [1.29, 1.82) is 0 Å². The summed E-state index contributed by atoms with van der Waals surface area (Å²) in [6.45, 7) is 3.48. The van der Waals surface area contributed by atoms with Crippen LogP contribution in [0.25, 0.3) is 0 Å². The number of carbonyl (C=O) groups is 1. The number of carboxylic acids is 1. The maximum atomic E-state index is 13.3. The summed E-state index contributed by atoms with van der Waals surface area (Å²) >= 11 is 0. The van der Waals surface area contributed by atoms with Gasteiger partial charge in [-0.2, -0.15) is 13.2 Å². The van der Waals surface area contributed by atoms with Crippen molar-refractivity contribution in [2.75, 3.05) is 18.5 Å². The highest BCUT2D eigenvalue weighted by Crippen LogP contribution is 2.37. The van der Waals surface area contributed by atoms with Crippen LogP contribution in [0.1, 0.15) is 46.1 Å². The zero-order valence-electron chi connectivity index (χ0n) is 16.8. The van der Waals surface area contributed by atoms with Crippen LogP contribution in [0, 0.1) is 26.2 Å². The number of carboxylic acid groups (broad SMARTS) is 1. The van der Waals surface area contributed by atoms with Crippen LogP contribution < -0.4 is 5.32 Å². The summed E-state index contributed by atoms with van der Waals surface area (Å²) in [5.41, 5.74) is -0.133. The molecular formula is C21H20F3N3O4. The third kappa shape index (κ3) is 4.95. The summed E-state index contributed by atoms with van der Waals surface area (Å²) in [6, 6.07) is 2.78. The van der Waals surface area contributed by atoms with E-state index in [2.05, 4.69) is 21.2 Å². The number of halogens is 3. The summed E-state index contributed by atoms with van der Waals surface area (Å²) in [5, 5.41) is 12.2. The lowest BCUT2D eigenvalue weighted by Gasteiger charge is -2.23. The van der Waals surface area contributed by atoms with E-state index in [-0.39, 0.29) is 47.2 Å². The number of aryl methyl sites for hydroxylation is 1. The molecule has 1 aliphatic heterocycles. The van der Waals surface area contributed by atoms with Gasteiger partial charge in [-0.3, -0.25) is 4.79 Å². The first kappa shape index (κ1) is 22.5. The lowest BCUT2D eigenvalue weighted by atomic mass is 9.96. The molecule has 164 valence electrons. The quantitative estimate of drug-likeness (QED) is 0.670. The Balaban J connectivity index is 2.08. The molecule has 1 unspecified atom stereocenters. The maximum Gasteiger partial charge on any atom is 0.416 e. The van der Waals surface area contributed by atoms with Gasteiger partial charge in [-0.05, 0) is 31.0 Å². The highest BCUT2D eigenvalue weighted by molar-refractivity contribution is 5.71. The van der Waals surface area contributed by atoms with E-state index in [1.807, 2.05) is 0 Å². The van der Waals surface area contributed by atoms with E-state index in [9.17, 15) is 23.1 Å². The molecule has 1 saturated heterocycles. The Morgan fingerprint density at radius 1 is 1.32 bits per heavy atom. The predicted molar refractivity (Wildman–Crippen MR) is 104 cm³/mol. The van der Waals surface area contributed by atoms with Crippen molar-refractivity contribution in [3.63, 3.8) is 0 Å². The van der Waals surface area contributed by atoms with Crippen LogP contribution in [-0.4, -0.2) is 34.3 Å². The molecule has 0 saturated carbocycles. The zero-order chi connectivity index (χ0) is 22.8. The topological polar surface area (TPSA) is 93.6 Å². The molecule has 3 rings (SSSR count). The molecule has 1 atom stereocenters. The first-order valence-corrected chi connectivity index (χ1v) is 9.33. The van der Waals surface area contributed by atoms with E-state index in [0.717, 1.165) is 6.07 Å². The molecule has 0 spiro atoms. The second-order valence-corrected chi connectivity index (χ2v) is 6.89. The second kappa shape index (κ2) is 8.91. The van der Waals surface area contributed by atoms with Gasteiger partial charge in [0.1, 0.15) is 17.7 Å². The van der Waals surface area contributed by atoms with Crippen LogP contribution in [0.5, 0.6) is 0 Å². The van der Waals surface area contributed by atoms with Crippen molar-refractivity contribution < 1.29 is 32.5 Å². The summed E-state index contributed by atoms with van der Waals surface area (Å²) < 4.78 is 51.0. The molecule has 0 radical (unpaired) electrons. The number of ether oxygens (including phenoxy) is 2. The molecule has 0 bridgehead atoms. The van der Waals surface area contributed by atoms with Gasteiger partial charge in [0, 0.05) is 0 Å². The molecule has 2 N–H and O–H groups in total. The standard InChI is InChI=1S/C21H20F3N3O4/c1-4-15(13-6-5-7-14(11(13)2)21(22,23)24)27-19-18(20-30-8-9-31-20)16(10-17(28)29)25-12(3)26-19/h1,5-7,15,20H,8-10H2,2-3H3,(H,28,29)(H,25,26,27). The molecule has 0 aliphatic carbocycles. The van der Waals surface area contributed by atoms with Crippen LogP contribution in [-0.2, 0) is 26.9 Å². The minimum Gasteiger partial charge on any atom is -0.481 e. The molecule has 2 aromatic rings. The number of rotatable bonds is 6. The normalized spacial score (nSPS) is 15.5. The fourth-order valence-corrected chi connectivity index (χ4v) is 3.42. The monoisotopic (exact) mass is 435 g/mol. The lowest BCUT2D eigenvalue weighted by Crippen LogP contribution is -2.20. The molecule has 1 aromatic heterocycles. The Labute approximate surface area is 176 Å². The highest BCUT2D eigenvalue weighted by Gasteiger charge is 2.34. The van der Waals surface area contributed by atoms with Crippen LogP contribution in [0.2, 0.25) is 0 Å². The number of anilines is 1. The van der Waals surface area contributed by atoms with Gasteiger partial charge in [0.15, 0.2) is 6.29 Å². The number of aromatic nitrogens is 2. The molecule has 1 fully saturated rings. The molecule has 31 heavy (non-hydrogen) atoms. The van der Waals surface area contributed by atoms with Crippen molar-refractivity contribution in [2.45, 2.75) is 38.8 Å². The molecule has 0 amide bonds. The Bertz CT molecular complexity index is 1030. The van der Waals surface area contributed by atoms with Crippen molar-refractivity contribution in [1.82, 2.24) is 9.97 Å². The van der Waals surface area contributed by atoms with Crippen molar-refractivity contribution in [3.05, 3.63) is 52.0 Å². The molecule has 10 heteroatoms. The number of terminal acetylenes is 1. The van der Waals surface area contributed by atoms with E-state index in [0.29, 0.717) is 0 Å². The Kier molecular flexibility index (Phi) is 6.48. The number of benzene rings is 1. The Morgan fingerprint density at radius 3 is 2.58 bits per heavy atom. The van der Waals surface area contributed by atoms with Crippen molar-refractivity contribution in [2.24, 2.45) is 0 Å². The van der Waals surface area contributed by atoms with Crippen LogP contribution >= 0.6 is 0 Å². The number of hydrogen-bond acceptors (Lipinski definition) is 6.